The van der Waals surface area contributed by atoms with E-state index in [-0.39, 0.29) is 30.5 Å². The lowest BCUT2D eigenvalue weighted by Gasteiger charge is -2.42. The standard InChI is InChI=1S/C16H22N2O2S.ClH/c1-12-15(13-5-3-2-4-6-13)18(8-10-21-12)16(19)14-11-17-7-9-20-14;/h2-6,12,14-15,17H,7-11H2,1H3;1H. The van der Waals surface area contributed by atoms with Gasteiger partial charge >= 0.3 is 0 Å². The van der Waals surface area contributed by atoms with Crippen LogP contribution in [-0.2, 0) is 9.53 Å². The van der Waals surface area contributed by atoms with Crippen molar-refractivity contribution in [2.24, 2.45) is 0 Å². The summed E-state index contributed by atoms with van der Waals surface area (Å²) in [4.78, 5) is 14.9. The molecule has 2 aliphatic rings. The van der Waals surface area contributed by atoms with Gasteiger partial charge in [-0.15, -0.1) is 12.4 Å². The van der Waals surface area contributed by atoms with Crippen LogP contribution in [0.4, 0.5) is 0 Å². The Labute approximate surface area is 142 Å². The predicted octanol–water partition coefficient (Wildman–Crippen LogP) is 2.10. The van der Waals surface area contributed by atoms with Gasteiger partial charge in [0, 0.05) is 30.6 Å². The summed E-state index contributed by atoms with van der Waals surface area (Å²) in [5.41, 5.74) is 1.22. The van der Waals surface area contributed by atoms with Gasteiger partial charge in [-0.2, -0.15) is 11.8 Å². The normalized spacial score (nSPS) is 28.8. The second-order valence-corrected chi connectivity index (χ2v) is 7.01. The number of rotatable bonds is 2. The fourth-order valence-electron chi connectivity index (χ4n) is 3.08. The quantitative estimate of drug-likeness (QED) is 0.893. The van der Waals surface area contributed by atoms with Crippen LogP contribution in [0.3, 0.4) is 0 Å². The molecule has 1 N–H and O–H groups in total. The third-order valence-corrected chi connectivity index (χ3v) is 5.32. The number of carbonyl (C=O) groups is 1. The highest BCUT2D eigenvalue weighted by Gasteiger charge is 2.37. The third kappa shape index (κ3) is 3.77. The van der Waals surface area contributed by atoms with Gasteiger partial charge in [0.15, 0.2) is 0 Å². The third-order valence-electron chi connectivity index (χ3n) is 4.12. The predicted molar refractivity (Wildman–Crippen MR) is 92.7 cm³/mol. The van der Waals surface area contributed by atoms with Crippen LogP contribution >= 0.6 is 24.2 Å². The van der Waals surface area contributed by atoms with Gasteiger partial charge in [0.05, 0.1) is 12.6 Å². The largest absolute Gasteiger partial charge is 0.366 e. The molecular weight excluding hydrogens is 320 g/mol. The van der Waals surface area contributed by atoms with Crippen molar-refractivity contribution >= 4 is 30.1 Å². The Bertz CT molecular complexity index is 482. The van der Waals surface area contributed by atoms with E-state index < -0.39 is 0 Å². The maximum absolute atomic E-state index is 12.8. The molecule has 3 rings (SSSR count). The van der Waals surface area contributed by atoms with Crippen molar-refractivity contribution in [1.82, 2.24) is 10.2 Å². The van der Waals surface area contributed by atoms with Crippen LogP contribution in [0.1, 0.15) is 18.5 Å². The lowest BCUT2D eigenvalue weighted by atomic mass is 10.0. The van der Waals surface area contributed by atoms with Crippen molar-refractivity contribution in [1.29, 1.82) is 0 Å². The van der Waals surface area contributed by atoms with Crippen molar-refractivity contribution in [3.05, 3.63) is 35.9 Å². The molecule has 1 amide bonds. The minimum absolute atomic E-state index is 0. The summed E-state index contributed by atoms with van der Waals surface area (Å²) < 4.78 is 5.65. The summed E-state index contributed by atoms with van der Waals surface area (Å²) in [6, 6.07) is 10.5. The van der Waals surface area contributed by atoms with E-state index in [0.717, 1.165) is 18.8 Å². The minimum atomic E-state index is -0.333. The second-order valence-electron chi connectivity index (χ2n) is 5.53. The van der Waals surface area contributed by atoms with E-state index in [2.05, 4.69) is 24.4 Å². The van der Waals surface area contributed by atoms with E-state index in [1.807, 2.05) is 34.9 Å². The van der Waals surface area contributed by atoms with E-state index in [4.69, 9.17) is 4.74 Å². The molecule has 4 nitrogen and oxygen atoms in total. The molecule has 0 aromatic heterocycles. The maximum atomic E-state index is 12.8. The van der Waals surface area contributed by atoms with Crippen molar-refractivity contribution in [3.63, 3.8) is 0 Å². The van der Waals surface area contributed by atoms with E-state index in [1.54, 1.807) is 0 Å². The van der Waals surface area contributed by atoms with Gasteiger partial charge in [-0.05, 0) is 5.56 Å². The summed E-state index contributed by atoms with van der Waals surface area (Å²) in [6.07, 6.45) is -0.333. The van der Waals surface area contributed by atoms with Crippen molar-refractivity contribution in [2.75, 3.05) is 32.0 Å². The van der Waals surface area contributed by atoms with Crippen LogP contribution in [0.15, 0.2) is 30.3 Å². The molecule has 0 saturated carbocycles. The second kappa shape index (κ2) is 8.20. The molecule has 0 bridgehead atoms. The van der Waals surface area contributed by atoms with Gasteiger partial charge in [0.25, 0.3) is 5.91 Å². The number of nitrogens with zero attached hydrogens (tertiary/aromatic N) is 1. The Morgan fingerprint density at radius 2 is 2.14 bits per heavy atom. The Hall–Kier alpha value is -0.750. The number of halogens is 1. The zero-order valence-electron chi connectivity index (χ0n) is 12.7. The Morgan fingerprint density at radius 3 is 2.82 bits per heavy atom. The molecule has 1 aromatic carbocycles. The maximum Gasteiger partial charge on any atom is 0.253 e. The summed E-state index contributed by atoms with van der Waals surface area (Å²) >= 11 is 1.94. The number of benzene rings is 1. The molecule has 3 unspecified atom stereocenters. The molecule has 2 heterocycles. The highest BCUT2D eigenvalue weighted by Crippen LogP contribution is 2.36. The molecule has 2 aliphatic heterocycles. The molecule has 22 heavy (non-hydrogen) atoms. The molecule has 2 fully saturated rings. The van der Waals surface area contributed by atoms with E-state index in [9.17, 15) is 4.79 Å². The van der Waals surface area contributed by atoms with Crippen molar-refractivity contribution in [2.45, 2.75) is 24.3 Å². The molecule has 3 atom stereocenters. The minimum Gasteiger partial charge on any atom is -0.366 e. The first-order chi connectivity index (χ1) is 10.3. The summed E-state index contributed by atoms with van der Waals surface area (Å²) in [6.45, 7) is 5.08. The molecule has 1 aromatic rings. The van der Waals surface area contributed by atoms with Gasteiger partial charge in [-0.25, -0.2) is 0 Å². The molecule has 0 radical (unpaired) electrons. The van der Waals surface area contributed by atoms with Crippen molar-refractivity contribution < 1.29 is 9.53 Å². The molecule has 6 heteroatoms. The van der Waals surface area contributed by atoms with Gasteiger partial charge in [-0.3, -0.25) is 4.79 Å². The van der Waals surface area contributed by atoms with Crippen LogP contribution in [0.5, 0.6) is 0 Å². The van der Waals surface area contributed by atoms with Gasteiger partial charge < -0.3 is 15.0 Å². The SMILES string of the molecule is CC1SCCN(C(=O)C2CNCCO2)C1c1ccccc1.Cl. The Balaban J connectivity index is 0.00000176. The summed E-state index contributed by atoms with van der Waals surface area (Å²) in [5, 5.41) is 3.65. The van der Waals surface area contributed by atoms with Gasteiger partial charge in [-0.1, -0.05) is 37.3 Å². The number of amides is 1. The van der Waals surface area contributed by atoms with Crippen LogP contribution in [0.25, 0.3) is 0 Å². The number of nitrogens with one attached hydrogen (secondary N) is 1. The molecule has 122 valence electrons. The number of thioether (sulfide) groups is 1. The topological polar surface area (TPSA) is 41.6 Å². The number of hydrogen-bond acceptors (Lipinski definition) is 4. The zero-order chi connectivity index (χ0) is 14.7. The van der Waals surface area contributed by atoms with Crippen LogP contribution in [-0.4, -0.2) is 54.2 Å². The first-order valence-corrected chi connectivity index (χ1v) is 8.61. The van der Waals surface area contributed by atoms with Crippen molar-refractivity contribution in [3.8, 4) is 0 Å². The number of ether oxygens (including phenoxy) is 1. The smallest absolute Gasteiger partial charge is 0.253 e. The van der Waals surface area contributed by atoms with E-state index >= 15 is 0 Å². The highest BCUT2D eigenvalue weighted by atomic mass is 35.5. The zero-order valence-corrected chi connectivity index (χ0v) is 14.4. The van der Waals surface area contributed by atoms with Crippen LogP contribution < -0.4 is 5.32 Å². The Kier molecular flexibility index (Phi) is 6.56. The lowest BCUT2D eigenvalue weighted by molar-refractivity contribution is -0.147. The lowest BCUT2D eigenvalue weighted by Crippen LogP contribution is -2.53. The average molecular weight is 343 g/mol. The van der Waals surface area contributed by atoms with Gasteiger partial charge in [0.1, 0.15) is 6.10 Å². The summed E-state index contributed by atoms with van der Waals surface area (Å²) in [5.74, 6) is 1.12. The van der Waals surface area contributed by atoms with Crippen LogP contribution in [0.2, 0.25) is 0 Å². The number of hydrogen-bond donors (Lipinski definition) is 1. The monoisotopic (exact) mass is 342 g/mol. The van der Waals surface area contributed by atoms with E-state index in [0.29, 0.717) is 18.4 Å². The highest BCUT2D eigenvalue weighted by molar-refractivity contribution is 8.00. The van der Waals surface area contributed by atoms with Gasteiger partial charge in [0.2, 0.25) is 0 Å². The van der Waals surface area contributed by atoms with E-state index in [1.165, 1.54) is 5.56 Å². The first-order valence-electron chi connectivity index (χ1n) is 7.56. The number of morpholine rings is 1. The fourth-order valence-corrected chi connectivity index (χ4v) is 4.24. The summed E-state index contributed by atoms with van der Waals surface area (Å²) in [7, 11) is 0. The molecular formula is C16H23ClN2O2S. The molecule has 0 aliphatic carbocycles. The number of carbonyl (C=O) groups excluding carboxylic acids is 1. The first kappa shape index (κ1) is 17.6. The fraction of sp³-hybridized carbons (Fsp3) is 0.562. The molecule has 0 spiro atoms. The average Bonchev–Trinajstić information content (AvgIpc) is 2.55. The van der Waals surface area contributed by atoms with Crippen LogP contribution in [0, 0.1) is 0 Å². The molecule has 2 saturated heterocycles. The Morgan fingerprint density at radius 1 is 1.36 bits per heavy atom.